The second-order valence-electron chi connectivity index (χ2n) is 5.57. The van der Waals surface area contributed by atoms with Crippen molar-refractivity contribution in [1.82, 2.24) is 4.90 Å². The minimum atomic E-state index is -0.385. The van der Waals surface area contributed by atoms with Gasteiger partial charge in [-0.15, -0.1) is 0 Å². The predicted octanol–water partition coefficient (Wildman–Crippen LogP) is 3.36. The highest BCUT2D eigenvalue weighted by Crippen LogP contribution is 2.37. The highest BCUT2D eigenvalue weighted by molar-refractivity contribution is 5.99. The minimum Gasteiger partial charge on any atom is -0.450 e. The van der Waals surface area contributed by atoms with Crippen LogP contribution in [0.3, 0.4) is 0 Å². The van der Waals surface area contributed by atoms with Gasteiger partial charge in [-0.1, -0.05) is 42.5 Å². The number of rotatable bonds is 2. The van der Waals surface area contributed by atoms with Crippen molar-refractivity contribution in [2.45, 2.75) is 13.0 Å². The van der Waals surface area contributed by atoms with E-state index in [9.17, 15) is 9.59 Å². The van der Waals surface area contributed by atoms with Gasteiger partial charge in [0.1, 0.15) is 5.58 Å². The summed E-state index contributed by atoms with van der Waals surface area (Å²) in [5, 5.41) is 0.512. The maximum Gasteiger partial charge on any atom is 0.290 e. The van der Waals surface area contributed by atoms with E-state index in [-0.39, 0.29) is 23.1 Å². The first-order chi connectivity index (χ1) is 11.2. The Morgan fingerprint density at radius 1 is 1.00 bits per heavy atom. The minimum absolute atomic E-state index is 0.125. The van der Waals surface area contributed by atoms with Crippen molar-refractivity contribution in [3.63, 3.8) is 0 Å². The first kappa shape index (κ1) is 13.8. The van der Waals surface area contributed by atoms with E-state index in [1.165, 1.54) is 0 Å². The summed E-state index contributed by atoms with van der Waals surface area (Å²) in [5.41, 5.74) is 1.69. The smallest absolute Gasteiger partial charge is 0.290 e. The number of hydrogen-bond donors (Lipinski definition) is 0. The van der Waals surface area contributed by atoms with Gasteiger partial charge in [0.25, 0.3) is 5.91 Å². The fourth-order valence-corrected chi connectivity index (χ4v) is 3.28. The second kappa shape index (κ2) is 5.09. The summed E-state index contributed by atoms with van der Waals surface area (Å²) < 4.78 is 5.79. The van der Waals surface area contributed by atoms with Gasteiger partial charge in [0.05, 0.1) is 17.0 Å². The molecule has 2 heterocycles. The van der Waals surface area contributed by atoms with Gasteiger partial charge in [-0.25, -0.2) is 0 Å². The molecule has 1 aromatic heterocycles. The molecule has 0 aliphatic carbocycles. The Morgan fingerprint density at radius 2 is 1.70 bits per heavy atom. The topological polar surface area (TPSA) is 50.5 Å². The monoisotopic (exact) mass is 305 g/mol. The summed E-state index contributed by atoms with van der Waals surface area (Å²) in [4.78, 5) is 27.4. The molecule has 1 atom stereocenters. The lowest BCUT2D eigenvalue weighted by molar-refractivity contribution is 0.0738. The summed E-state index contributed by atoms with van der Waals surface area (Å²) >= 11 is 0. The van der Waals surface area contributed by atoms with Crippen molar-refractivity contribution in [1.29, 1.82) is 0 Å². The molecule has 0 saturated heterocycles. The van der Waals surface area contributed by atoms with E-state index < -0.39 is 0 Å². The van der Waals surface area contributed by atoms with Crippen LogP contribution in [0.2, 0.25) is 0 Å². The quantitative estimate of drug-likeness (QED) is 0.729. The van der Waals surface area contributed by atoms with Gasteiger partial charge >= 0.3 is 0 Å². The summed E-state index contributed by atoms with van der Waals surface area (Å²) in [7, 11) is 0. The molecular formula is C19H15NO3. The van der Waals surface area contributed by atoms with Crippen LogP contribution in [0.25, 0.3) is 11.0 Å². The molecule has 23 heavy (non-hydrogen) atoms. The third-order valence-corrected chi connectivity index (χ3v) is 4.33. The molecule has 0 unspecified atom stereocenters. The Hall–Kier alpha value is -2.88. The Bertz CT molecular complexity index is 959. The standard InChI is InChI=1S/C19H15NO3/c1-2-20-16(12-8-4-3-5-9-12)15-17(21)13-10-6-7-11-14(13)23-18(15)19(20)22/h3-11,16H,2H2,1H3/t16-/m1/s1. The van der Waals surface area contributed by atoms with Gasteiger partial charge in [0, 0.05) is 6.54 Å². The number of nitrogens with zero attached hydrogens (tertiary/aromatic N) is 1. The molecule has 2 aromatic carbocycles. The molecule has 1 aliphatic heterocycles. The third-order valence-electron chi connectivity index (χ3n) is 4.33. The van der Waals surface area contributed by atoms with Crippen molar-refractivity contribution >= 4 is 16.9 Å². The Kier molecular flexibility index (Phi) is 3.05. The normalized spacial score (nSPS) is 16.8. The molecule has 1 aliphatic rings. The molecular weight excluding hydrogens is 290 g/mol. The number of carbonyl (C=O) groups is 1. The average molecular weight is 305 g/mol. The molecule has 114 valence electrons. The number of carbonyl (C=O) groups excluding carboxylic acids is 1. The zero-order valence-corrected chi connectivity index (χ0v) is 12.7. The fraction of sp³-hybridized carbons (Fsp3) is 0.158. The zero-order chi connectivity index (χ0) is 16.0. The van der Waals surface area contributed by atoms with E-state index in [4.69, 9.17) is 4.42 Å². The highest BCUT2D eigenvalue weighted by Gasteiger charge is 2.41. The maximum atomic E-state index is 13.0. The highest BCUT2D eigenvalue weighted by atomic mass is 16.3. The van der Waals surface area contributed by atoms with Crippen molar-refractivity contribution in [3.05, 3.63) is 81.7 Å². The third kappa shape index (κ3) is 1.91. The van der Waals surface area contributed by atoms with Gasteiger partial charge in [-0.2, -0.15) is 0 Å². The van der Waals surface area contributed by atoms with E-state index in [0.717, 1.165) is 5.56 Å². The van der Waals surface area contributed by atoms with Crippen LogP contribution in [0.5, 0.6) is 0 Å². The molecule has 0 radical (unpaired) electrons. The molecule has 0 saturated carbocycles. The molecule has 3 aromatic rings. The van der Waals surface area contributed by atoms with Gasteiger partial charge in [0.15, 0.2) is 5.43 Å². The van der Waals surface area contributed by atoms with E-state index >= 15 is 0 Å². The Balaban J connectivity index is 2.06. The summed E-state index contributed by atoms with van der Waals surface area (Å²) in [6.45, 7) is 2.42. The lowest BCUT2D eigenvalue weighted by Crippen LogP contribution is -2.29. The van der Waals surface area contributed by atoms with Crippen LogP contribution in [-0.4, -0.2) is 17.4 Å². The number of para-hydroxylation sites is 1. The van der Waals surface area contributed by atoms with Crippen LogP contribution in [0.15, 0.2) is 63.8 Å². The van der Waals surface area contributed by atoms with Crippen LogP contribution in [0.1, 0.15) is 34.6 Å². The van der Waals surface area contributed by atoms with E-state index in [1.54, 1.807) is 29.2 Å². The number of fused-ring (bicyclic) bond motifs is 2. The van der Waals surface area contributed by atoms with E-state index in [0.29, 0.717) is 23.1 Å². The molecule has 0 fully saturated rings. The van der Waals surface area contributed by atoms with Gasteiger partial charge in [0.2, 0.25) is 5.76 Å². The fourth-order valence-electron chi connectivity index (χ4n) is 3.28. The molecule has 4 heteroatoms. The number of benzene rings is 2. The van der Waals surface area contributed by atoms with Gasteiger partial charge in [-0.3, -0.25) is 9.59 Å². The number of amides is 1. The summed E-state index contributed by atoms with van der Waals surface area (Å²) in [6.07, 6.45) is 0. The zero-order valence-electron chi connectivity index (χ0n) is 12.7. The summed E-state index contributed by atoms with van der Waals surface area (Å²) in [5.74, 6) is -0.0522. The van der Waals surface area contributed by atoms with Crippen LogP contribution < -0.4 is 5.43 Å². The van der Waals surface area contributed by atoms with Crippen molar-refractivity contribution in [2.75, 3.05) is 6.54 Å². The van der Waals surface area contributed by atoms with Crippen LogP contribution in [-0.2, 0) is 0 Å². The van der Waals surface area contributed by atoms with Crippen LogP contribution >= 0.6 is 0 Å². The average Bonchev–Trinajstić information content (AvgIpc) is 2.88. The van der Waals surface area contributed by atoms with Crippen molar-refractivity contribution in [3.8, 4) is 0 Å². The van der Waals surface area contributed by atoms with Crippen LogP contribution in [0.4, 0.5) is 0 Å². The second-order valence-corrected chi connectivity index (χ2v) is 5.57. The Morgan fingerprint density at radius 3 is 2.43 bits per heavy atom. The molecule has 4 rings (SSSR count). The lowest BCUT2D eigenvalue weighted by atomic mass is 9.99. The van der Waals surface area contributed by atoms with Crippen LogP contribution in [0, 0.1) is 0 Å². The first-order valence-electron chi connectivity index (χ1n) is 7.64. The molecule has 0 bridgehead atoms. The van der Waals surface area contributed by atoms with Crippen molar-refractivity contribution in [2.24, 2.45) is 0 Å². The molecule has 0 N–H and O–H groups in total. The molecule has 4 nitrogen and oxygen atoms in total. The first-order valence-corrected chi connectivity index (χ1v) is 7.64. The molecule has 1 amide bonds. The van der Waals surface area contributed by atoms with Gasteiger partial charge < -0.3 is 9.32 Å². The Labute approximate surface area is 133 Å². The van der Waals surface area contributed by atoms with E-state index in [1.807, 2.05) is 37.3 Å². The maximum absolute atomic E-state index is 13.0. The van der Waals surface area contributed by atoms with Gasteiger partial charge in [-0.05, 0) is 24.6 Å². The summed E-state index contributed by atoms with van der Waals surface area (Å²) in [6, 6.07) is 16.3. The van der Waals surface area contributed by atoms with Crippen molar-refractivity contribution < 1.29 is 9.21 Å². The van der Waals surface area contributed by atoms with E-state index in [2.05, 4.69) is 0 Å². The predicted molar refractivity (Wildman–Crippen MR) is 87.5 cm³/mol. The lowest BCUT2D eigenvalue weighted by Gasteiger charge is -2.23. The largest absolute Gasteiger partial charge is 0.450 e. The SMILES string of the molecule is CCN1C(=O)c2oc3ccccc3c(=O)c2[C@H]1c1ccccc1. The number of hydrogen-bond acceptors (Lipinski definition) is 3. The molecule has 0 spiro atoms.